The highest BCUT2D eigenvalue weighted by molar-refractivity contribution is 6.06. The molecule has 0 saturated carbocycles. The summed E-state index contributed by atoms with van der Waals surface area (Å²) in [6, 6.07) is 7.52. The molecule has 2 aromatic rings. The van der Waals surface area contributed by atoms with Gasteiger partial charge in [-0.1, -0.05) is 6.07 Å². The number of aromatic amines is 1. The van der Waals surface area contributed by atoms with Crippen LogP contribution >= 0.6 is 0 Å². The number of nitrogens with one attached hydrogen (secondary N) is 2. The van der Waals surface area contributed by atoms with Gasteiger partial charge in [0.1, 0.15) is 0 Å². The van der Waals surface area contributed by atoms with Crippen LogP contribution in [0.3, 0.4) is 0 Å². The standard InChI is InChI=1S/C13H17N3O/c1-13(2,14)8-16-12(17)10-4-3-5-11-9(10)6-7-15-11/h3-7,15H,8,14H2,1-2H3,(H,16,17). The molecule has 17 heavy (non-hydrogen) atoms. The minimum atomic E-state index is -0.401. The molecular weight excluding hydrogens is 214 g/mol. The van der Waals surface area contributed by atoms with E-state index in [1.165, 1.54) is 0 Å². The quantitative estimate of drug-likeness (QED) is 0.751. The van der Waals surface area contributed by atoms with Crippen LogP contribution in [0.25, 0.3) is 10.9 Å². The Morgan fingerprint density at radius 2 is 2.18 bits per heavy atom. The zero-order valence-corrected chi connectivity index (χ0v) is 10.1. The van der Waals surface area contributed by atoms with Crippen molar-refractivity contribution in [3.05, 3.63) is 36.0 Å². The van der Waals surface area contributed by atoms with Crippen molar-refractivity contribution in [2.24, 2.45) is 5.73 Å². The predicted octanol–water partition coefficient (Wildman–Crippen LogP) is 1.63. The number of hydrogen-bond acceptors (Lipinski definition) is 2. The molecule has 0 saturated heterocycles. The van der Waals surface area contributed by atoms with E-state index >= 15 is 0 Å². The van der Waals surface area contributed by atoms with Crippen LogP contribution in [0.2, 0.25) is 0 Å². The lowest BCUT2D eigenvalue weighted by Crippen LogP contribution is -2.45. The van der Waals surface area contributed by atoms with E-state index in [0.717, 1.165) is 10.9 Å². The SMILES string of the molecule is CC(C)(N)CNC(=O)c1cccc2[nH]ccc12. The molecular formula is C13H17N3O. The Hall–Kier alpha value is -1.81. The lowest BCUT2D eigenvalue weighted by molar-refractivity contribution is 0.0947. The Kier molecular flexibility index (Phi) is 2.90. The number of amides is 1. The van der Waals surface area contributed by atoms with E-state index in [1.807, 2.05) is 44.3 Å². The van der Waals surface area contributed by atoms with Crippen LogP contribution in [0.5, 0.6) is 0 Å². The van der Waals surface area contributed by atoms with E-state index in [-0.39, 0.29) is 5.91 Å². The molecule has 4 heteroatoms. The molecule has 0 unspecified atom stereocenters. The van der Waals surface area contributed by atoms with Crippen molar-refractivity contribution in [2.45, 2.75) is 19.4 Å². The van der Waals surface area contributed by atoms with Gasteiger partial charge in [-0.3, -0.25) is 4.79 Å². The molecule has 1 heterocycles. The third-order valence-corrected chi connectivity index (χ3v) is 2.54. The second kappa shape index (κ2) is 4.22. The minimum absolute atomic E-state index is 0.0891. The molecule has 0 bridgehead atoms. The molecule has 90 valence electrons. The molecule has 4 nitrogen and oxygen atoms in total. The van der Waals surface area contributed by atoms with Gasteiger partial charge in [-0.2, -0.15) is 0 Å². The summed E-state index contributed by atoms with van der Waals surface area (Å²) < 4.78 is 0. The first-order valence-electron chi connectivity index (χ1n) is 5.60. The molecule has 1 amide bonds. The summed E-state index contributed by atoms with van der Waals surface area (Å²) in [7, 11) is 0. The summed E-state index contributed by atoms with van der Waals surface area (Å²) in [6.07, 6.45) is 1.83. The fourth-order valence-electron chi connectivity index (χ4n) is 1.69. The summed E-state index contributed by atoms with van der Waals surface area (Å²) in [5.41, 5.74) is 7.07. The Labute approximate surface area is 100 Å². The monoisotopic (exact) mass is 231 g/mol. The molecule has 2 rings (SSSR count). The summed E-state index contributed by atoms with van der Waals surface area (Å²) in [5, 5.41) is 3.77. The first-order chi connectivity index (χ1) is 7.97. The maximum Gasteiger partial charge on any atom is 0.252 e. The predicted molar refractivity (Wildman–Crippen MR) is 68.9 cm³/mol. The van der Waals surface area contributed by atoms with Crippen LogP contribution in [0.15, 0.2) is 30.5 Å². The highest BCUT2D eigenvalue weighted by Gasteiger charge is 2.15. The third-order valence-electron chi connectivity index (χ3n) is 2.54. The van der Waals surface area contributed by atoms with Crippen LogP contribution < -0.4 is 11.1 Å². The van der Waals surface area contributed by atoms with Gasteiger partial charge < -0.3 is 16.0 Å². The van der Waals surface area contributed by atoms with Crippen molar-refractivity contribution in [1.82, 2.24) is 10.3 Å². The average Bonchev–Trinajstić information content (AvgIpc) is 2.72. The van der Waals surface area contributed by atoms with Gasteiger partial charge in [0.15, 0.2) is 0 Å². The summed E-state index contributed by atoms with van der Waals surface area (Å²) >= 11 is 0. The van der Waals surface area contributed by atoms with Crippen LogP contribution in [0.1, 0.15) is 24.2 Å². The van der Waals surface area contributed by atoms with Crippen LogP contribution in [-0.4, -0.2) is 23.0 Å². The van der Waals surface area contributed by atoms with Crippen LogP contribution in [0.4, 0.5) is 0 Å². The molecule has 0 atom stereocenters. The molecule has 1 aromatic heterocycles. The van der Waals surface area contributed by atoms with Crippen molar-refractivity contribution in [2.75, 3.05) is 6.54 Å². The van der Waals surface area contributed by atoms with Crippen LogP contribution in [0, 0.1) is 0 Å². The second-order valence-electron chi connectivity index (χ2n) is 4.92. The highest BCUT2D eigenvalue weighted by atomic mass is 16.1. The average molecular weight is 231 g/mol. The molecule has 0 aliphatic heterocycles. The van der Waals surface area contributed by atoms with Gasteiger partial charge in [-0.15, -0.1) is 0 Å². The number of carbonyl (C=O) groups is 1. The van der Waals surface area contributed by atoms with Gasteiger partial charge >= 0.3 is 0 Å². The first kappa shape index (κ1) is 11.7. The van der Waals surface area contributed by atoms with E-state index in [0.29, 0.717) is 12.1 Å². The normalized spacial score (nSPS) is 11.7. The molecule has 0 aliphatic rings. The van der Waals surface area contributed by atoms with Gasteiger partial charge in [-0.05, 0) is 32.0 Å². The van der Waals surface area contributed by atoms with Crippen molar-refractivity contribution in [1.29, 1.82) is 0 Å². The lowest BCUT2D eigenvalue weighted by Gasteiger charge is -2.19. The Morgan fingerprint density at radius 1 is 1.41 bits per heavy atom. The molecule has 0 fully saturated rings. The summed E-state index contributed by atoms with van der Waals surface area (Å²) in [4.78, 5) is 15.1. The third kappa shape index (κ3) is 2.65. The summed E-state index contributed by atoms with van der Waals surface area (Å²) in [5.74, 6) is -0.0891. The van der Waals surface area contributed by atoms with Crippen molar-refractivity contribution in [3.63, 3.8) is 0 Å². The van der Waals surface area contributed by atoms with Gasteiger partial charge in [0.25, 0.3) is 5.91 Å². The highest BCUT2D eigenvalue weighted by Crippen LogP contribution is 2.17. The van der Waals surface area contributed by atoms with Gasteiger partial charge in [0.2, 0.25) is 0 Å². The van der Waals surface area contributed by atoms with Gasteiger partial charge in [0.05, 0.1) is 0 Å². The Balaban J connectivity index is 2.22. The lowest BCUT2D eigenvalue weighted by atomic mass is 10.1. The second-order valence-corrected chi connectivity index (χ2v) is 4.92. The Morgan fingerprint density at radius 3 is 2.88 bits per heavy atom. The van der Waals surface area contributed by atoms with Gasteiger partial charge in [0, 0.05) is 34.7 Å². The number of rotatable bonds is 3. The number of aromatic nitrogens is 1. The van der Waals surface area contributed by atoms with Crippen molar-refractivity contribution in [3.8, 4) is 0 Å². The van der Waals surface area contributed by atoms with E-state index in [2.05, 4.69) is 10.3 Å². The van der Waals surface area contributed by atoms with Crippen molar-refractivity contribution < 1.29 is 4.79 Å². The largest absolute Gasteiger partial charge is 0.361 e. The number of H-pyrrole nitrogens is 1. The molecule has 1 aromatic carbocycles. The minimum Gasteiger partial charge on any atom is -0.361 e. The van der Waals surface area contributed by atoms with Crippen LogP contribution in [-0.2, 0) is 0 Å². The fraction of sp³-hybridized carbons (Fsp3) is 0.308. The van der Waals surface area contributed by atoms with E-state index < -0.39 is 5.54 Å². The van der Waals surface area contributed by atoms with Gasteiger partial charge in [-0.25, -0.2) is 0 Å². The topological polar surface area (TPSA) is 70.9 Å². The fourth-order valence-corrected chi connectivity index (χ4v) is 1.69. The number of hydrogen-bond donors (Lipinski definition) is 3. The number of nitrogens with two attached hydrogens (primary N) is 1. The number of benzene rings is 1. The molecule has 4 N–H and O–H groups in total. The van der Waals surface area contributed by atoms with E-state index in [1.54, 1.807) is 0 Å². The zero-order chi connectivity index (χ0) is 12.5. The smallest absolute Gasteiger partial charge is 0.252 e. The maximum absolute atomic E-state index is 12.0. The Bertz CT molecular complexity index is 537. The van der Waals surface area contributed by atoms with Crippen molar-refractivity contribution >= 4 is 16.8 Å². The first-order valence-corrected chi connectivity index (χ1v) is 5.60. The molecule has 0 spiro atoms. The summed E-state index contributed by atoms with van der Waals surface area (Å²) in [6.45, 7) is 4.21. The zero-order valence-electron chi connectivity index (χ0n) is 10.1. The number of fused-ring (bicyclic) bond motifs is 1. The van der Waals surface area contributed by atoms with E-state index in [4.69, 9.17) is 5.73 Å². The van der Waals surface area contributed by atoms with E-state index in [9.17, 15) is 4.79 Å². The number of carbonyl (C=O) groups excluding carboxylic acids is 1. The molecule has 0 aliphatic carbocycles. The maximum atomic E-state index is 12.0. The molecule has 0 radical (unpaired) electrons.